The summed E-state index contributed by atoms with van der Waals surface area (Å²) in [6.45, 7) is 2.95. The highest BCUT2D eigenvalue weighted by atomic mass is 16.6. The van der Waals surface area contributed by atoms with Gasteiger partial charge < -0.3 is 14.9 Å². The summed E-state index contributed by atoms with van der Waals surface area (Å²) in [4.78, 5) is 10.9. The van der Waals surface area contributed by atoms with Crippen LogP contribution in [0, 0.1) is 0 Å². The van der Waals surface area contributed by atoms with E-state index in [0.29, 0.717) is 11.1 Å². The zero-order valence-electron chi connectivity index (χ0n) is 7.07. The van der Waals surface area contributed by atoms with Gasteiger partial charge >= 0.3 is 5.97 Å². The molecule has 1 heterocycles. The predicted molar refractivity (Wildman–Crippen MR) is 41.3 cm³/mol. The van der Waals surface area contributed by atoms with Gasteiger partial charge in [-0.3, -0.25) is 0 Å². The highest BCUT2D eigenvalue weighted by molar-refractivity contribution is 5.91. The number of cyclic esters (lactones) is 1. The van der Waals surface area contributed by atoms with Gasteiger partial charge in [0.15, 0.2) is 6.10 Å². The lowest BCUT2D eigenvalue weighted by molar-refractivity contribution is -0.144. The molecule has 4 heteroatoms. The van der Waals surface area contributed by atoms with Gasteiger partial charge in [-0.05, 0) is 19.4 Å². The van der Waals surface area contributed by atoms with Crippen molar-refractivity contribution >= 4 is 5.97 Å². The van der Waals surface area contributed by atoms with Crippen LogP contribution in [0.4, 0.5) is 0 Å². The highest BCUT2D eigenvalue weighted by Crippen LogP contribution is 2.23. The van der Waals surface area contributed by atoms with Crippen LogP contribution in [0.3, 0.4) is 0 Å². The first-order valence-electron chi connectivity index (χ1n) is 3.75. The van der Waals surface area contributed by atoms with Crippen molar-refractivity contribution in [1.29, 1.82) is 0 Å². The van der Waals surface area contributed by atoms with Crippen molar-refractivity contribution in [2.75, 3.05) is 6.61 Å². The van der Waals surface area contributed by atoms with Crippen molar-refractivity contribution in [2.45, 2.75) is 26.1 Å². The summed E-state index contributed by atoms with van der Waals surface area (Å²) in [5, 5.41) is 17.8. The number of carbonyl (C=O) groups excluding carboxylic acids is 1. The largest absolute Gasteiger partial charge is 0.452 e. The minimum atomic E-state index is -1.01. The van der Waals surface area contributed by atoms with Gasteiger partial charge in [-0.2, -0.15) is 0 Å². The molecule has 12 heavy (non-hydrogen) atoms. The number of aliphatic hydroxyl groups excluding tert-OH is 2. The molecule has 0 fully saturated rings. The number of esters is 1. The first kappa shape index (κ1) is 9.22. The molecular weight excluding hydrogens is 160 g/mol. The van der Waals surface area contributed by atoms with Crippen LogP contribution < -0.4 is 0 Å². The Hall–Kier alpha value is -0.870. The van der Waals surface area contributed by atoms with Crippen LogP contribution in [0.1, 0.15) is 13.8 Å². The highest BCUT2D eigenvalue weighted by Gasteiger charge is 2.33. The molecule has 0 aliphatic carbocycles. The Balaban J connectivity index is 2.80. The van der Waals surface area contributed by atoms with Crippen molar-refractivity contribution in [1.82, 2.24) is 0 Å². The molecule has 0 saturated carbocycles. The minimum absolute atomic E-state index is 0.400. The fourth-order valence-electron chi connectivity index (χ4n) is 1.13. The average molecular weight is 172 g/mol. The van der Waals surface area contributed by atoms with Gasteiger partial charge in [-0.1, -0.05) is 0 Å². The van der Waals surface area contributed by atoms with Crippen molar-refractivity contribution < 1.29 is 19.7 Å². The molecule has 2 atom stereocenters. The molecule has 0 aromatic heterocycles. The summed E-state index contributed by atoms with van der Waals surface area (Å²) < 4.78 is 4.82. The third-order valence-corrected chi connectivity index (χ3v) is 2.10. The Bertz CT molecular complexity index is 231. The Labute approximate surface area is 70.5 Å². The van der Waals surface area contributed by atoms with Crippen molar-refractivity contribution in [3.05, 3.63) is 11.1 Å². The average Bonchev–Trinajstić information content (AvgIpc) is 2.32. The summed E-state index contributed by atoms with van der Waals surface area (Å²) in [7, 11) is 0. The van der Waals surface area contributed by atoms with Gasteiger partial charge in [0, 0.05) is 5.57 Å². The van der Waals surface area contributed by atoms with E-state index < -0.39 is 24.8 Å². The maximum absolute atomic E-state index is 10.9. The third kappa shape index (κ3) is 1.35. The molecule has 1 rings (SSSR count). The predicted octanol–water partition coefficient (Wildman–Crippen LogP) is -0.399. The lowest BCUT2D eigenvalue weighted by Gasteiger charge is -2.15. The van der Waals surface area contributed by atoms with Crippen molar-refractivity contribution in [3.63, 3.8) is 0 Å². The molecule has 2 N–H and O–H groups in total. The number of rotatable bonds is 2. The topological polar surface area (TPSA) is 66.8 Å². The molecule has 0 spiro atoms. The van der Waals surface area contributed by atoms with Crippen LogP contribution in [0.15, 0.2) is 11.1 Å². The standard InChI is InChI=1S/C8H12O4/c1-4-5(2)8(11)12-7(4)6(10)3-9/h6-7,9-10H,3H2,1-2H3/t6-,7-/m0/s1. The summed E-state index contributed by atoms with van der Waals surface area (Å²) in [5.41, 5.74) is 1.22. The first-order valence-corrected chi connectivity index (χ1v) is 3.75. The van der Waals surface area contributed by atoms with E-state index in [9.17, 15) is 9.90 Å². The van der Waals surface area contributed by atoms with E-state index in [1.807, 2.05) is 0 Å². The Morgan fingerprint density at radius 3 is 2.50 bits per heavy atom. The second-order valence-corrected chi connectivity index (χ2v) is 2.88. The van der Waals surface area contributed by atoms with Crippen LogP contribution in [-0.4, -0.2) is 35.0 Å². The first-order chi connectivity index (χ1) is 5.57. The zero-order chi connectivity index (χ0) is 9.30. The normalized spacial score (nSPS) is 26.0. The van der Waals surface area contributed by atoms with Crippen molar-refractivity contribution in [3.8, 4) is 0 Å². The second-order valence-electron chi connectivity index (χ2n) is 2.88. The molecule has 0 aromatic rings. The minimum Gasteiger partial charge on any atom is -0.452 e. The van der Waals surface area contributed by atoms with E-state index in [4.69, 9.17) is 9.84 Å². The Kier molecular flexibility index (Phi) is 2.49. The maximum atomic E-state index is 10.9. The van der Waals surface area contributed by atoms with E-state index in [1.165, 1.54) is 0 Å². The molecule has 0 aromatic carbocycles. The Morgan fingerprint density at radius 2 is 2.17 bits per heavy atom. The van der Waals surface area contributed by atoms with Gasteiger partial charge in [0.25, 0.3) is 0 Å². The quantitative estimate of drug-likeness (QED) is 0.556. The molecule has 1 aliphatic rings. The molecule has 0 amide bonds. The van der Waals surface area contributed by atoms with E-state index in [-0.39, 0.29) is 0 Å². The lowest BCUT2D eigenvalue weighted by Crippen LogP contribution is -2.30. The monoisotopic (exact) mass is 172 g/mol. The van der Waals surface area contributed by atoms with Crippen LogP contribution in [0.5, 0.6) is 0 Å². The van der Waals surface area contributed by atoms with E-state index in [2.05, 4.69) is 0 Å². The van der Waals surface area contributed by atoms with Gasteiger partial charge in [0.2, 0.25) is 0 Å². The van der Waals surface area contributed by atoms with Gasteiger partial charge in [-0.15, -0.1) is 0 Å². The molecule has 68 valence electrons. The van der Waals surface area contributed by atoms with Gasteiger partial charge in [0.05, 0.1) is 6.61 Å². The van der Waals surface area contributed by atoms with Gasteiger partial charge in [0.1, 0.15) is 6.10 Å². The number of aliphatic hydroxyl groups is 2. The smallest absolute Gasteiger partial charge is 0.334 e. The molecule has 0 unspecified atom stereocenters. The molecular formula is C8H12O4. The van der Waals surface area contributed by atoms with Crippen LogP contribution in [0.2, 0.25) is 0 Å². The molecule has 0 bridgehead atoms. The lowest BCUT2D eigenvalue weighted by atomic mass is 10.0. The number of hydrogen-bond donors (Lipinski definition) is 2. The molecule has 4 nitrogen and oxygen atoms in total. The van der Waals surface area contributed by atoms with E-state index in [1.54, 1.807) is 13.8 Å². The van der Waals surface area contributed by atoms with E-state index in [0.717, 1.165) is 0 Å². The summed E-state index contributed by atoms with van der Waals surface area (Å²) in [6.07, 6.45) is -1.67. The van der Waals surface area contributed by atoms with Crippen LogP contribution in [0.25, 0.3) is 0 Å². The third-order valence-electron chi connectivity index (χ3n) is 2.10. The van der Waals surface area contributed by atoms with Crippen LogP contribution in [-0.2, 0) is 9.53 Å². The fourth-order valence-corrected chi connectivity index (χ4v) is 1.13. The maximum Gasteiger partial charge on any atom is 0.334 e. The van der Waals surface area contributed by atoms with Gasteiger partial charge in [-0.25, -0.2) is 4.79 Å². The molecule has 0 radical (unpaired) electrons. The number of hydrogen-bond acceptors (Lipinski definition) is 4. The van der Waals surface area contributed by atoms with Crippen molar-refractivity contribution in [2.24, 2.45) is 0 Å². The Morgan fingerprint density at radius 1 is 1.58 bits per heavy atom. The summed E-state index contributed by atoms with van der Waals surface area (Å²) in [5.74, 6) is -0.412. The zero-order valence-corrected chi connectivity index (χ0v) is 7.07. The SMILES string of the molecule is CC1=C(C)[C@@H]([C@@H](O)CO)OC1=O. The van der Waals surface area contributed by atoms with E-state index >= 15 is 0 Å². The fraction of sp³-hybridized carbons (Fsp3) is 0.625. The number of ether oxygens (including phenoxy) is 1. The van der Waals surface area contributed by atoms with Crippen LogP contribution >= 0.6 is 0 Å². The second kappa shape index (κ2) is 3.25. The summed E-state index contributed by atoms with van der Waals surface area (Å²) in [6, 6.07) is 0. The summed E-state index contributed by atoms with van der Waals surface area (Å²) >= 11 is 0. The molecule has 0 saturated heterocycles. The molecule has 1 aliphatic heterocycles. The number of carbonyl (C=O) groups is 1.